The first-order valence-corrected chi connectivity index (χ1v) is 4.19. The van der Waals surface area contributed by atoms with E-state index >= 15 is 0 Å². The van der Waals surface area contributed by atoms with Gasteiger partial charge in [0.05, 0.1) is 0 Å². The molecule has 0 unspecified atom stereocenters. The van der Waals surface area contributed by atoms with Crippen LogP contribution in [-0.2, 0) is 9.53 Å². The van der Waals surface area contributed by atoms with Gasteiger partial charge in [0.25, 0.3) is 0 Å². The van der Waals surface area contributed by atoms with Gasteiger partial charge < -0.3 is 4.74 Å². The molecule has 0 saturated carbocycles. The maximum absolute atomic E-state index is 10.2. The van der Waals surface area contributed by atoms with Crippen molar-refractivity contribution in [1.82, 2.24) is 0 Å². The van der Waals surface area contributed by atoms with Crippen LogP contribution in [0.5, 0.6) is 0 Å². The molecule has 0 fully saturated rings. The fraction of sp³-hybridized carbons (Fsp3) is 0.500. The molecule has 0 heterocycles. The molecule has 1 aliphatic carbocycles. The molecule has 0 spiro atoms. The van der Waals surface area contributed by atoms with Crippen molar-refractivity contribution >= 4 is 5.97 Å². The van der Waals surface area contributed by atoms with Crippen molar-refractivity contribution in [2.75, 3.05) is 0 Å². The third-order valence-corrected chi connectivity index (χ3v) is 1.33. The molecule has 0 amide bonds. The molecule has 2 heteroatoms. The molecule has 0 N–H and O–H groups in total. The molecule has 2 nitrogen and oxygen atoms in total. The monoisotopic (exact) mass is 168 g/mol. The summed E-state index contributed by atoms with van der Waals surface area (Å²) < 4.78 is 4.71. The zero-order valence-corrected chi connectivity index (χ0v) is 7.80. The van der Waals surface area contributed by atoms with Crippen LogP contribution >= 0.6 is 0 Å². The molecule has 68 valence electrons. The van der Waals surface area contributed by atoms with E-state index in [0.717, 1.165) is 25.0 Å². The average Bonchev–Trinajstić information content (AvgIpc) is 1.97. The number of hydrogen-bond donors (Lipinski definition) is 0. The Bertz CT molecular complexity index is 180. The van der Waals surface area contributed by atoms with Crippen molar-refractivity contribution in [1.29, 1.82) is 0 Å². The van der Waals surface area contributed by atoms with Crippen molar-refractivity contribution in [2.45, 2.75) is 33.1 Å². The smallest absolute Gasteiger partial charge is 0.307 e. The Morgan fingerprint density at radius 3 is 2.42 bits per heavy atom. The van der Waals surface area contributed by atoms with Crippen molar-refractivity contribution in [3.05, 3.63) is 24.5 Å². The normalized spacial score (nSPS) is 13.0. The Morgan fingerprint density at radius 1 is 1.83 bits per heavy atom. The van der Waals surface area contributed by atoms with Crippen molar-refractivity contribution < 1.29 is 9.53 Å². The fourth-order valence-electron chi connectivity index (χ4n) is 0.539. The predicted molar refractivity (Wildman–Crippen MR) is 49.6 cm³/mol. The van der Waals surface area contributed by atoms with Gasteiger partial charge in [0, 0.05) is 13.3 Å². The highest BCUT2D eigenvalue weighted by Gasteiger charge is 2.07. The third-order valence-electron chi connectivity index (χ3n) is 1.33. The van der Waals surface area contributed by atoms with Crippen LogP contribution in [0.4, 0.5) is 0 Å². The van der Waals surface area contributed by atoms with Gasteiger partial charge in [0.2, 0.25) is 0 Å². The van der Waals surface area contributed by atoms with Crippen LogP contribution in [0.25, 0.3) is 0 Å². The molecule has 1 rings (SSSR count). The summed E-state index contributed by atoms with van der Waals surface area (Å²) in [6, 6.07) is 0. The third kappa shape index (κ3) is 5.71. The summed E-state index contributed by atoms with van der Waals surface area (Å²) >= 11 is 0. The number of carbonyl (C=O) groups is 1. The largest absolute Gasteiger partial charge is 0.432 e. The summed E-state index contributed by atoms with van der Waals surface area (Å²) in [4.78, 5) is 10.2. The quantitative estimate of drug-likeness (QED) is 0.468. The van der Waals surface area contributed by atoms with Gasteiger partial charge in [-0.15, -0.1) is 6.58 Å². The van der Waals surface area contributed by atoms with Crippen LogP contribution in [0.1, 0.15) is 33.1 Å². The minimum absolute atomic E-state index is 0.212. The Balaban J connectivity index is 0.000000261. The first-order chi connectivity index (χ1) is 5.70. The number of rotatable bonds is 2. The number of ether oxygens (including phenoxy) is 1. The van der Waals surface area contributed by atoms with Gasteiger partial charge in [-0.25, -0.2) is 0 Å². The Kier molecular flexibility index (Phi) is 6.07. The maximum Gasteiger partial charge on any atom is 0.307 e. The molecule has 0 atom stereocenters. The molecule has 0 bridgehead atoms. The van der Waals surface area contributed by atoms with Gasteiger partial charge in [0.15, 0.2) is 0 Å². The SMILES string of the molecule is C=CCC.CC(=O)OC1=CCC1. The van der Waals surface area contributed by atoms with Crippen LogP contribution in [0.2, 0.25) is 0 Å². The second-order valence-corrected chi connectivity index (χ2v) is 2.50. The summed E-state index contributed by atoms with van der Waals surface area (Å²) in [5.74, 6) is 0.619. The topological polar surface area (TPSA) is 26.3 Å². The van der Waals surface area contributed by atoms with Crippen LogP contribution in [0, 0.1) is 0 Å². The Labute approximate surface area is 73.9 Å². The van der Waals surface area contributed by atoms with Crippen molar-refractivity contribution in [3.63, 3.8) is 0 Å². The summed E-state index contributed by atoms with van der Waals surface area (Å²) in [5, 5.41) is 0. The van der Waals surface area contributed by atoms with E-state index in [0.29, 0.717) is 0 Å². The predicted octanol–water partition coefficient (Wildman–Crippen LogP) is 2.81. The molecule has 0 aromatic heterocycles. The second-order valence-electron chi connectivity index (χ2n) is 2.50. The van der Waals surface area contributed by atoms with Crippen LogP contribution in [0.3, 0.4) is 0 Å². The Morgan fingerprint density at radius 2 is 2.33 bits per heavy atom. The van der Waals surface area contributed by atoms with E-state index in [2.05, 4.69) is 13.5 Å². The summed E-state index contributed by atoms with van der Waals surface area (Å²) in [5.41, 5.74) is 0. The second kappa shape index (κ2) is 6.65. The van der Waals surface area contributed by atoms with E-state index in [4.69, 9.17) is 4.74 Å². The molecular formula is C10H16O2. The Hall–Kier alpha value is -1.05. The molecule has 0 aliphatic heterocycles. The molecule has 1 aliphatic rings. The zero-order chi connectivity index (χ0) is 9.40. The lowest BCUT2D eigenvalue weighted by atomic mass is 10.1. The molecular weight excluding hydrogens is 152 g/mol. The molecule has 0 radical (unpaired) electrons. The van der Waals surface area contributed by atoms with Gasteiger partial charge >= 0.3 is 5.97 Å². The van der Waals surface area contributed by atoms with Crippen molar-refractivity contribution in [2.24, 2.45) is 0 Å². The highest BCUT2D eigenvalue weighted by molar-refractivity contribution is 5.67. The standard InChI is InChI=1S/C6H8O2.C4H8/c1-5(7)8-6-3-2-4-6;1-3-4-2/h3H,2,4H2,1H3;3H,1,4H2,2H3. The van der Waals surface area contributed by atoms with Gasteiger partial charge in [-0.3, -0.25) is 4.79 Å². The van der Waals surface area contributed by atoms with Crippen molar-refractivity contribution in [3.8, 4) is 0 Å². The molecule has 0 saturated heterocycles. The van der Waals surface area contributed by atoms with E-state index in [-0.39, 0.29) is 5.97 Å². The molecule has 12 heavy (non-hydrogen) atoms. The highest BCUT2D eigenvalue weighted by Crippen LogP contribution is 2.18. The van der Waals surface area contributed by atoms with Crippen LogP contribution in [-0.4, -0.2) is 5.97 Å². The minimum Gasteiger partial charge on any atom is -0.432 e. The van der Waals surface area contributed by atoms with E-state index in [1.165, 1.54) is 6.92 Å². The highest BCUT2D eigenvalue weighted by atomic mass is 16.5. The van der Waals surface area contributed by atoms with E-state index < -0.39 is 0 Å². The summed E-state index contributed by atoms with van der Waals surface area (Å²) in [6.45, 7) is 6.96. The first kappa shape index (κ1) is 11.0. The minimum atomic E-state index is -0.212. The van der Waals surface area contributed by atoms with Gasteiger partial charge in [-0.05, 0) is 18.9 Å². The fourth-order valence-corrected chi connectivity index (χ4v) is 0.539. The summed E-state index contributed by atoms with van der Waals surface area (Å²) in [7, 11) is 0. The van der Waals surface area contributed by atoms with Crippen LogP contribution < -0.4 is 0 Å². The lowest BCUT2D eigenvalue weighted by Crippen LogP contribution is -2.03. The van der Waals surface area contributed by atoms with Gasteiger partial charge in [-0.2, -0.15) is 0 Å². The first-order valence-electron chi connectivity index (χ1n) is 4.19. The van der Waals surface area contributed by atoms with E-state index in [1.807, 2.05) is 12.2 Å². The van der Waals surface area contributed by atoms with Gasteiger partial charge in [-0.1, -0.05) is 13.0 Å². The lowest BCUT2D eigenvalue weighted by molar-refractivity contribution is -0.137. The van der Waals surface area contributed by atoms with Gasteiger partial charge in [0.1, 0.15) is 5.76 Å². The number of esters is 1. The number of hydrogen-bond acceptors (Lipinski definition) is 2. The van der Waals surface area contributed by atoms with E-state index in [9.17, 15) is 4.79 Å². The van der Waals surface area contributed by atoms with Crippen LogP contribution in [0.15, 0.2) is 24.5 Å². The molecule has 0 aromatic carbocycles. The maximum atomic E-state index is 10.2. The lowest BCUT2D eigenvalue weighted by Gasteiger charge is -2.11. The zero-order valence-electron chi connectivity index (χ0n) is 7.80. The number of allylic oxidation sites excluding steroid dienone is 3. The van der Waals surface area contributed by atoms with E-state index in [1.54, 1.807) is 0 Å². The summed E-state index contributed by atoms with van der Waals surface area (Å²) in [6.07, 6.45) is 6.86. The molecule has 0 aromatic rings. The number of carbonyl (C=O) groups excluding carboxylic acids is 1. The average molecular weight is 168 g/mol.